The fraction of sp³-hybridized carbons (Fsp3) is 0.629. The van der Waals surface area contributed by atoms with Crippen LogP contribution in [0, 0.1) is 40.3 Å². The second kappa shape index (κ2) is 11.6. The van der Waals surface area contributed by atoms with Crippen LogP contribution in [0.25, 0.3) is 0 Å². The molecule has 8 bridgehead atoms. The van der Waals surface area contributed by atoms with E-state index < -0.39 is 38.2 Å². The van der Waals surface area contributed by atoms with E-state index in [2.05, 4.69) is 4.98 Å². The van der Waals surface area contributed by atoms with E-state index >= 15 is 0 Å². The number of hydrogen-bond donors (Lipinski definition) is 2. The van der Waals surface area contributed by atoms with Crippen molar-refractivity contribution in [2.75, 3.05) is 13.2 Å². The Morgan fingerprint density at radius 2 is 1.26 bits per heavy atom. The summed E-state index contributed by atoms with van der Waals surface area (Å²) in [7, 11) is -4.97. The first-order chi connectivity index (χ1) is 22.1. The maximum absolute atomic E-state index is 13.1. The van der Waals surface area contributed by atoms with Crippen LogP contribution in [0.15, 0.2) is 47.6 Å². The average molecular weight is 672 g/mol. The number of ether oxygens (including phenoxy) is 2. The molecule has 0 radical (unpaired) electrons. The fourth-order valence-corrected chi connectivity index (χ4v) is 11.6. The number of aliphatic hydroxyl groups is 2. The summed E-state index contributed by atoms with van der Waals surface area (Å²) in [5, 5.41) is 22.0. The summed E-state index contributed by atoms with van der Waals surface area (Å²) in [4.78, 5) is 28.2. The molecule has 0 aliphatic heterocycles. The smallest absolute Gasteiger partial charge is 0.338 e. The number of benzene rings is 1. The molecule has 47 heavy (non-hydrogen) atoms. The minimum absolute atomic E-state index is 0.100. The van der Waals surface area contributed by atoms with Crippen LogP contribution in [-0.2, 0) is 19.6 Å². The normalized spacial score (nSPS) is 37.6. The molecular formula is C35H42FNO9S. The van der Waals surface area contributed by atoms with E-state index in [4.69, 9.17) is 9.47 Å². The highest BCUT2D eigenvalue weighted by molar-refractivity contribution is 7.85. The summed E-state index contributed by atoms with van der Waals surface area (Å²) in [6.07, 6.45) is 12.9. The number of hydrogen-bond acceptors (Lipinski definition) is 9. The number of aromatic amines is 1. The van der Waals surface area contributed by atoms with E-state index in [-0.39, 0.29) is 41.0 Å². The number of aromatic nitrogens is 1. The van der Waals surface area contributed by atoms with Gasteiger partial charge in [-0.1, -0.05) is 0 Å². The second-order valence-electron chi connectivity index (χ2n) is 15.9. The van der Waals surface area contributed by atoms with Gasteiger partial charge in [0.05, 0.1) is 40.4 Å². The zero-order chi connectivity index (χ0) is 33.2. The number of nitrogens with one attached hydrogen (secondary N) is 1. The van der Waals surface area contributed by atoms with Gasteiger partial charge in [0, 0.05) is 16.9 Å². The van der Waals surface area contributed by atoms with E-state index in [9.17, 15) is 37.2 Å². The van der Waals surface area contributed by atoms with E-state index in [0.29, 0.717) is 36.5 Å². The third-order valence-electron chi connectivity index (χ3n) is 11.7. The molecule has 8 aliphatic rings. The predicted molar refractivity (Wildman–Crippen MR) is 162 cm³/mol. The summed E-state index contributed by atoms with van der Waals surface area (Å²) < 4.78 is 59.0. The van der Waals surface area contributed by atoms with Crippen LogP contribution in [-0.4, -0.2) is 59.5 Å². The van der Waals surface area contributed by atoms with Crippen molar-refractivity contribution in [2.24, 2.45) is 34.5 Å². The van der Waals surface area contributed by atoms with Gasteiger partial charge < -0.3 is 24.2 Å². The topological polar surface area (TPSA) is 164 Å². The molecule has 254 valence electrons. The van der Waals surface area contributed by atoms with Crippen molar-refractivity contribution < 1.29 is 51.6 Å². The zero-order valence-electron chi connectivity index (χ0n) is 26.3. The second-order valence-corrected chi connectivity index (χ2v) is 17.3. The quantitative estimate of drug-likeness (QED) is 0.324. The number of H-pyrrole nitrogens is 1. The van der Waals surface area contributed by atoms with Crippen LogP contribution in [0.4, 0.5) is 4.39 Å². The van der Waals surface area contributed by atoms with Crippen molar-refractivity contribution in [1.82, 2.24) is 0 Å². The minimum atomic E-state index is -4.97. The van der Waals surface area contributed by atoms with Gasteiger partial charge in [-0.2, -0.15) is 0 Å². The van der Waals surface area contributed by atoms with Gasteiger partial charge in [-0.15, -0.1) is 0 Å². The molecule has 10 rings (SSSR count). The molecule has 1 aromatic carbocycles. The van der Waals surface area contributed by atoms with Gasteiger partial charge in [0.1, 0.15) is 10.1 Å². The van der Waals surface area contributed by atoms with Crippen molar-refractivity contribution >= 4 is 22.1 Å². The summed E-state index contributed by atoms with van der Waals surface area (Å²) >= 11 is 0. The lowest BCUT2D eigenvalue weighted by molar-refractivity contribution is -0.380. The van der Waals surface area contributed by atoms with Gasteiger partial charge >= 0.3 is 11.9 Å². The zero-order valence-corrected chi connectivity index (χ0v) is 27.1. The van der Waals surface area contributed by atoms with Crippen LogP contribution in [0.2, 0.25) is 0 Å². The molecule has 2 aromatic rings. The van der Waals surface area contributed by atoms with Gasteiger partial charge in [-0.3, -0.25) is 0 Å². The molecule has 4 unspecified atom stereocenters. The van der Waals surface area contributed by atoms with Gasteiger partial charge in [-0.05, 0) is 125 Å². The number of carbonyl (C=O) groups is 2. The molecule has 1 aromatic heterocycles. The lowest BCUT2D eigenvalue weighted by Gasteiger charge is -2.59. The monoisotopic (exact) mass is 671 g/mol. The van der Waals surface area contributed by atoms with Crippen LogP contribution in [0.5, 0.6) is 0 Å². The molecule has 1 heterocycles. The fourth-order valence-electron chi connectivity index (χ4n) is 11.1. The van der Waals surface area contributed by atoms with Gasteiger partial charge in [0.15, 0.2) is 12.0 Å². The van der Waals surface area contributed by atoms with Crippen molar-refractivity contribution in [1.29, 1.82) is 0 Å². The average Bonchev–Trinajstić information content (AvgIpc) is 2.96. The van der Waals surface area contributed by atoms with Gasteiger partial charge in [0.25, 0.3) is 0 Å². The summed E-state index contributed by atoms with van der Waals surface area (Å²) in [6.45, 7) is 0.200. The maximum Gasteiger partial charge on any atom is 0.338 e. The lowest BCUT2D eigenvalue weighted by Crippen LogP contribution is -2.57. The molecule has 8 aliphatic carbocycles. The number of carbonyl (C=O) groups excluding carboxylic acids is 2. The van der Waals surface area contributed by atoms with Crippen LogP contribution >= 0.6 is 0 Å². The Hall–Kier alpha value is -2.93. The Bertz CT molecular complexity index is 1550. The largest absolute Gasteiger partial charge is 0.744 e. The van der Waals surface area contributed by atoms with Gasteiger partial charge in [-0.25, -0.2) is 27.4 Å². The van der Waals surface area contributed by atoms with Crippen LogP contribution < -0.4 is 4.98 Å². The number of pyridine rings is 1. The third kappa shape index (κ3) is 6.84. The molecule has 12 heteroatoms. The van der Waals surface area contributed by atoms with E-state index in [1.165, 1.54) is 18.3 Å². The van der Waals surface area contributed by atoms with Gasteiger partial charge in [0.2, 0.25) is 6.20 Å². The Morgan fingerprint density at radius 3 is 1.57 bits per heavy atom. The molecule has 10 nitrogen and oxygen atoms in total. The third-order valence-corrected chi connectivity index (χ3v) is 12.5. The van der Waals surface area contributed by atoms with Crippen LogP contribution in [0.1, 0.15) is 97.8 Å². The highest BCUT2D eigenvalue weighted by Crippen LogP contribution is 2.62. The van der Waals surface area contributed by atoms with Crippen LogP contribution in [0.3, 0.4) is 0 Å². The van der Waals surface area contributed by atoms with E-state index in [1.54, 1.807) is 12.3 Å². The first kappa shape index (κ1) is 32.6. The number of halogens is 1. The van der Waals surface area contributed by atoms with E-state index in [1.807, 2.05) is 0 Å². The molecule has 3 N–H and O–H groups in total. The first-order valence-corrected chi connectivity index (χ1v) is 18.0. The summed E-state index contributed by atoms with van der Waals surface area (Å²) in [5.41, 5.74) is -2.43. The Morgan fingerprint density at radius 1 is 0.809 bits per heavy atom. The Balaban J connectivity index is 0.000000447. The van der Waals surface area contributed by atoms with Crippen molar-refractivity contribution in [3.05, 3.63) is 59.7 Å². The highest BCUT2D eigenvalue weighted by atomic mass is 32.2. The maximum atomic E-state index is 13.1. The summed E-state index contributed by atoms with van der Waals surface area (Å²) in [6, 6.07) is 6.11. The molecular weight excluding hydrogens is 629 g/mol. The first-order valence-electron chi connectivity index (χ1n) is 16.6. The Labute approximate surface area is 273 Å². The van der Waals surface area contributed by atoms with Crippen molar-refractivity contribution in [2.45, 2.75) is 93.1 Å². The number of esters is 2. The summed E-state index contributed by atoms with van der Waals surface area (Å²) in [5.74, 6) is -0.214. The van der Waals surface area contributed by atoms with Crippen molar-refractivity contribution in [3.63, 3.8) is 0 Å². The lowest BCUT2D eigenvalue weighted by atomic mass is 9.48. The number of rotatable bonds is 7. The Kier molecular flexibility index (Phi) is 8.05. The molecule has 0 saturated heterocycles. The predicted octanol–water partition coefficient (Wildman–Crippen LogP) is 4.21. The minimum Gasteiger partial charge on any atom is -0.744 e. The highest BCUT2D eigenvalue weighted by Gasteiger charge is 2.58. The molecule has 8 saturated carbocycles. The molecule has 4 atom stereocenters. The SMILES string of the molecule is Fc1ccc[nH+]c1.O=C(OCC12CC3CC(CC(O)(C3)C1)C2)c1cc(C(=O)OCC23CC4CC(CC(O)(C4)C2)C3)cc(S(=O)(=O)[O-])c1. The standard InChI is InChI=1S/C30H38O9S.C5H4FN/c31-25(38-16-27-6-18-1-19(7-27)11-29(33,10-18)14-27)22-3-23(5-24(4-22)40(35,36)37)26(32)39-17-28-8-20-2-21(9-28)13-30(34,12-20)15-28;6-5-2-1-3-7-4-5/h3-5,18-21,33-34H,1-2,6-17H2,(H,35,36,37);1-4H. The molecule has 8 fully saturated rings. The molecule has 0 amide bonds. The van der Waals surface area contributed by atoms with Crippen molar-refractivity contribution in [3.8, 4) is 0 Å². The molecule has 0 spiro atoms. The van der Waals surface area contributed by atoms with E-state index in [0.717, 1.165) is 76.3 Å².